The average molecular weight is 565 g/mol. The number of hydrogen-bond acceptors (Lipinski definition) is 11. The minimum atomic E-state index is -2.58. The van der Waals surface area contributed by atoms with Gasteiger partial charge in [-0.2, -0.15) is 0 Å². The highest BCUT2D eigenvalue weighted by atomic mass is 31.1. The Balaban J connectivity index is 0.988. The summed E-state index contributed by atoms with van der Waals surface area (Å²) in [6.45, 7) is 4.03. The minimum absolute atomic E-state index is 0.248. The van der Waals surface area contributed by atoms with E-state index in [2.05, 4.69) is 29.7 Å². The van der Waals surface area contributed by atoms with Gasteiger partial charge in [-0.25, -0.2) is 19.9 Å². The van der Waals surface area contributed by atoms with E-state index in [9.17, 15) is 4.57 Å². The molecular formula is C28H33N6O5P. The van der Waals surface area contributed by atoms with Crippen LogP contribution in [-0.4, -0.2) is 73.5 Å². The summed E-state index contributed by atoms with van der Waals surface area (Å²) in [5.74, 6) is 3.72. The summed E-state index contributed by atoms with van der Waals surface area (Å²) >= 11 is 0. The number of nitrogens with zero attached hydrogens (tertiary/aromatic N) is 6. The van der Waals surface area contributed by atoms with Crippen LogP contribution in [0.5, 0.6) is 11.5 Å². The van der Waals surface area contributed by atoms with Gasteiger partial charge < -0.3 is 28.3 Å². The number of fused-ring (bicyclic) bond motifs is 2. The molecule has 2 aliphatic heterocycles. The molecule has 0 aliphatic carbocycles. The molecule has 4 aromatic rings. The lowest BCUT2D eigenvalue weighted by molar-refractivity contribution is 0.185. The van der Waals surface area contributed by atoms with E-state index in [0.717, 1.165) is 84.0 Å². The number of methoxy groups -OCH3 is 2. The molecule has 0 spiro atoms. The number of rotatable bonds is 10. The highest BCUT2D eigenvalue weighted by molar-refractivity contribution is 7.33. The maximum Gasteiger partial charge on any atom is 0.319 e. The summed E-state index contributed by atoms with van der Waals surface area (Å²) in [5, 5.41) is 1.92. The molecule has 12 heteroatoms. The van der Waals surface area contributed by atoms with Gasteiger partial charge in [-0.15, -0.1) is 0 Å². The van der Waals surface area contributed by atoms with Gasteiger partial charge in [0, 0.05) is 48.8 Å². The molecule has 2 unspecified atom stereocenters. The lowest BCUT2D eigenvalue weighted by Crippen LogP contribution is -2.22. The van der Waals surface area contributed by atoms with Crippen LogP contribution in [0.25, 0.3) is 21.8 Å². The molecule has 2 aromatic carbocycles. The van der Waals surface area contributed by atoms with Crippen LogP contribution in [0, 0.1) is 11.8 Å². The number of aromatic nitrogens is 4. The maximum absolute atomic E-state index is 12.6. The van der Waals surface area contributed by atoms with Gasteiger partial charge in [0.2, 0.25) is 0 Å². The quantitative estimate of drug-likeness (QED) is 0.256. The Bertz CT molecular complexity index is 1410. The second-order valence-corrected chi connectivity index (χ2v) is 11.3. The van der Waals surface area contributed by atoms with E-state index in [1.807, 2.05) is 36.4 Å². The molecule has 2 saturated heterocycles. The van der Waals surface area contributed by atoms with E-state index >= 15 is 0 Å². The van der Waals surface area contributed by atoms with Crippen LogP contribution in [0.4, 0.5) is 11.6 Å². The monoisotopic (exact) mass is 564 g/mol. The van der Waals surface area contributed by atoms with E-state index in [1.165, 1.54) is 0 Å². The first kappa shape index (κ1) is 26.7. The van der Waals surface area contributed by atoms with E-state index in [-0.39, 0.29) is 11.8 Å². The van der Waals surface area contributed by atoms with Crippen LogP contribution in [0.15, 0.2) is 49.1 Å². The van der Waals surface area contributed by atoms with Crippen molar-refractivity contribution in [3.8, 4) is 11.5 Å². The molecular weight excluding hydrogens is 531 g/mol. The van der Waals surface area contributed by atoms with Crippen molar-refractivity contribution in [1.29, 1.82) is 0 Å². The minimum Gasteiger partial charge on any atom is -0.494 e. The third-order valence-corrected chi connectivity index (χ3v) is 8.50. The second-order valence-electron chi connectivity index (χ2n) is 10.2. The third-order valence-electron chi connectivity index (χ3n) is 7.70. The molecule has 0 saturated carbocycles. The Labute approximate surface area is 233 Å². The number of anilines is 2. The fourth-order valence-electron chi connectivity index (χ4n) is 5.66. The van der Waals surface area contributed by atoms with Gasteiger partial charge in [0.1, 0.15) is 46.8 Å². The van der Waals surface area contributed by atoms with Gasteiger partial charge in [0.05, 0.1) is 27.4 Å². The van der Waals surface area contributed by atoms with Gasteiger partial charge in [0.25, 0.3) is 0 Å². The van der Waals surface area contributed by atoms with Crippen molar-refractivity contribution in [3.05, 3.63) is 49.1 Å². The van der Waals surface area contributed by atoms with Gasteiger partial charge in [-0.3, -0.25) is 4.57 Å². The fraction of sp³-hybridized carbons (Fsp3) is 0.429. The summed E-state index contributed by atoms with van der Waals surface area (Å²) in [4.78, 5) is 22.3. The van der Waals surface area contributed by atoms with Gasteiger partial charge >= 0.3 is 8.25 Å². The molecule has 2 fully saturated rings. The molecule has 0 amide bonds. The summed E-state index contributed by atoms with van der Waals surface area (Å²) in [6, 6.07) is 11.7. The van der Waals surface area contributed by atoms with Crippen LogP contribution < -0.4 is 19.3 Å². The SMILES string of the molecule is COc1cccc2c(N3CCC(CO[PH](=O)OCC4CCN(c5ncnc6c(OC)cccc56)C4)C3)ncnc12. The third kappa shape index (κ3) is 5.41. The molecule has 4 heterocycles. The normalized spacial score (nSPS) is 19.9. The first-order valence-corrected chi connectivity index (χ1v) is 14.7. The smallest absolute Gasteiger partial charge is 0.319 e. The molecule has 11 nitrogen and oxygen atoms in total. The summed E-state index contributed by atoms with van der Waals surface area (Å²) < 4.78 is 34.9. The lowest BCUT2D eigenvalue weighted by atomic mass is 10.1. The second kappa shape index (κ2) is 11.9. The first-order valence-electron chi connectivity index (χ1n) is 13.5. The molecule has 2 aliphatic rings. The van der Waals surface area contributed by atoms with E-state index in [4.69, 9.17) is 18.5 Å². The molecule has 6 rings (SSSR count). The predicted molar refractivity (Wildman–Crippen MR) is 154 cm³/mol. The zero-order chi connectivity index (χ0) is 27.5. The van der Waals surface area contributed by atoms with Crippen LogP contribution in [0.2, 0.25) is 0 Å². The number of ether oxygens (including phenoxy) is 2. The zero-order valence-corrected chi connectivity index (χ0v) is 23.7. The summed E-state index contributed by atoms with van der Waals surface area (Å²) in [7, 11) is 0.702. The zero-order valence-electron chi connectivity index (χ0n) is 22.7. The van der Waals surface area contributed by atoms with Crippen molar-refractivity contribution >= 4 is 41.7 Å². The topological polar surface area (TPSA) is 112 Å². The van der Waals surface area contributed by atoms with Crippen molar-refractivity contribution < 1.29 is 23.1 Å². The average Bonchev–Trinajstić information content (AvgIpc) is 3.68. The molecule has 40 heavy (non-hydrogen) atoms. The Kier molecular flexibility index (Phi) is 7.95. The van der Waals surface area contributed by atoms with Crippen LogP contribution >= 0.6 is 8.25 Å². The highest BCUT2D eigenvalue weighted by Gasteiger charge is 2.28. The molecule has 0 bridgehead atoms. The van der Waals surface area contributed by atoms with Crippen LogP contribution in [0.3, 0.4) is 0 Å². The van der Waals surface area contributed by atoms with Crippen molar-refractivity contribution in [1.82, 2.24) is 19.9 Å². The Morgan fingerprint density at radius 3 is 1.68 bits per heavy atom. The van der Waals surface area contributed by atoms with E-state index in [0.29, 0.717) is 13.2 Å². The number of para-hydroxylation sites is 2. The van der Waals surface area contributed by atoms with Crippen molar-refractivity contribution in [2.24, 2.45) is 11.8 Å². The number of benzene rings is 2. The highest BCUT2D eigenvalue weighted by Crippen LogP contribution is 2.35. The van der Waals surface area contributed by atoms with Crippen LogP contribution in [0.1, 0.15) is 12.8 Å². The Morgan fingerprint density at radius 2 is 1.23 bits per heavy atom. The largest absolute Gasteiger partial charge is 0.494 e. The first-order chi connectivity index (χ1) is 19.6. The summed E-state index contributed by atoms with van der Waals surface area (Å²) in [5.41, 5.74) is 1.59. The summed E-state index contributed by atoms with van der Waals surface area (Å²) in [6.07, 6.45) is 5.01. The van der Waals surface area contributed by atoms with Gasteiger partial charge in [0.15, 0.2) is 0 Å². The lowest BCUT2D eigenvalue weighted by Gasteiger charge is -2.20. The standard InChI is InChI=1S/C28H33N6O5P/c1-36-23-7-3-5-21-25(23)29-17-31-27(21)33-11-9-19(13-33)15-38-40(35)39-16-20-10-12-34(14-20)28-22-6-4-8-24(37-2)26(22)30-18-32-28/h3-8,17-20,40H,9-16H2,1-2H3. The van der Waals surface area contributed by atoms with E-state index < -0.39 is 8.25 Å². The van der Waals surface area contributed by atoms with Crippen molar-refractivity contribution in [2.45, 2.75) is 12.8 Å². The molecule has 2 atom stereocenters. The molecule has 210 valence electrons. The van der Waals surface area contributed by atoms with Crippen molar-refractivity contribution in [3.63, 3.8) is 0 Å². The molecule has 2 aromatic heterocycles. The van der Waals surface area contributed by atoms with Gasteiger partial charge in [-0.1, -0.05) is 12.1 Å². The fourth-order valence-corrected chi connectivity index (χ4v) is 6.49. The number of hydrogen-bond donors (Lipinski definition) is 0. The van der Waals surface area contributed by atoms with Gasteiger partial charge in [-0.05, 0) is 37.1 Å². The molecule has 0 N–H and O–H groups in total. The van der Waals surface area contributed by atoms with Crippen LogP contribution in [-0.2, 0) is 13.6 Å². The van der Waals surface area contributed by atoms with E-state index in [1.54, 1.807) is 26.9 Å². The Morgan fingerprint density at radius 1 is 0.750 bits per heavy atom. The van der Waals surface area contributed by atoms with Crippen molar-refractivity contribution in [2.75, 3.05) is 63.4 Å². The predicted octanol–water partition coefficient (Wildman–Crippen LogP) is 4.37. The maximum atomic E-state index is 12.6. The molecule has 0 radical (unpaired) electrons. The Hall–Kier alpha value is -3.53.